The maximum atomic E-state index is 5.79. The quantitative estimate of drug-likeness (QED) is 0.591. The SMILES string of the molecule is CCC[C@H]1[C@H]2C=CC23[C@@H]1CO[C@@H]3C. The van der Waals surface area contributed by atoms with E-state index in [1.807, 2.05) is 0 Å². The van der Waals surface area contributed by atoms with Gasteiger partial charge in [0.2, 0.25) is 0 Å². The molecule has 1 heteroatoms. The van der Waals surface area contributed by atoms with Gasteiger partial charge in [0.05, 0.1) is 12.7 Å². The molecule has 0 amide bonds. The van der Waals surface area contributed by atoms with E-state index >= 15 is 0 Å². The summed E-state index contributed by atoms with van der Waals surface area (Å²) in [6.07, 6.45) is 8.06. The third-order valence-electron chi connectivity index (χ3n) is 4.64. The van der Waals surface area contributed by atoms with Crippen LogP contribution in [0.5, 0.6) is 0 Å². The second-order valence-electron chi connectivity index (χ2n) is 4.92. The van der Waals surface area contributed by atoms with E-state index in [-0.39, 0.29) is 0 Å². The third kappa shape index (κ3) is 0.698. The number of hydrogen-bond acceptors (Lipinski definition) is 1. The second-order valence-corrected chi connectivity index (χ2v) is 4.92. The Labute approximate surface area is 80.2 Å². The van der Waals surface area contributed by atoms with Crippen molar-refractivity contribution in [1.29, 1.82) is 0 Å². The van der Waals surface area contributed by atoms with Gasteiger partial charge in [0.1, 0.15) is 0 Å². The Bertz CT molecular complexity index is 258. The van der Waals surface area contributed by atoms with Crippen molar-refractivity contribution in [2.45, 2.75) is 32.8 Å². The van der Waals surface area contributed by atoms with Crippen LogP contribution in [0, 0.1) is 23.2 Å². The Morgan fingerprint density at radius 1 is 1.54 bits per heavy atom. The van der Waals surface area contributed by atoms with Crippen molar-refractivity contribution in [3.05, 3.63) is 12.2 Å². The molecule has 3 rings (SSSR count). The minimum absolute atomic E-state index is 0.487. The van der Waals surface area contributed by atoms with Crippen molar-refractivity contribution in [2.24, 2.45) is 23.2 Å². The van der Waals surface area contributed by atoms with Crippen molar-refractivity contribution in [2.75, 3.05) is 6.61 Å². The van der Waals surface area contributed by atoms with Crippen molar-refractivity contribution >= 4 is 0 Å². The Kier molecular flexibility index (Phi) is 1.48. The van der Waals surface area contributed by atoms with Gasteiger partial charge in [0.25, 0.3) is 0 Å². The summed E-state index contributed by atoms with van der Waals surface area (Å²) in [6.45, 7) is 5.56. The average Bonchev–Trinajstić information content (AvgIpc) is 2.40. The average molecular weight is 178 g/mol. The molecule has 72 valence electrons. The lowest BCUT2D eigenvalue weighted by atomic mass is 9.40. The maximum Gasteiger partial charge on any atom is 0.0647 e. The van der Waals surface area contributed by atoms with Crippen LogP contribution in [0.3, 0.4) is 0 Å². The van der Waals surface area contributed by atoms with E-state index in [2.05, 4.69) is 26.0 Å². The van der Waals surface area contributed by atoms with Crippen LogP contribution >= 0.6 is 0 Å². The zero-order valence-corrected chi connectivity index (χ0v) is 8.49. The monoisotopic (exact) mass is 178 g/mol. The van der Waals surface area contributed by atoms with E-state index in [1.54, 1.807) is 0 Å². The highest BCUT2D eigenvalue weighted by molar-refractivity contribution is 5.33. The van der Waals surface area contributed by atoms with Crippen LogP contribution in [0.4, 0.5) is 0 Å². The normalized spacial score (nSPS) is 56.5. The van der Waals surface area contributed by atoms with Crippen molar-refractivity contribution < 1.29 is 4.74 Å². The zero-order chi connectivity index (χ0) is 9.05. The molecule has 1 saturated heterocycles. The molecule has 0 aromatic rings. The van der Waals surface area contributed by atoms with Gasteiger partial charge in [-0.25, -0.2) is 0 Å². The van der Waals surface area contributed by atoms with Gasteiger partial charge in [-0.3, -0.25) is 0 Å². The summed E-state index contributed by atoms with van der Waals surface area (Å²) in [4.78, 5) is 0. The van der Waals surface area contributed by atoms with Crippen LogP contribution < -0.4 is 0 Å². The molecule has 1 saturated carbocycles. The first-order valence-electron chi connectivity index (χ1n) is 5.61. The largest absolute Gasteiger partial charge is 0.377 e. The van der Waals surface area contributed by atoms with Gasteiger partial charge in [0, 0.05) is 5.41 Å². The van der Waals surface area contributed by atoms with Gasteiger partial charge in [0.15, 0.2) is 0 Å². The van der Waals surface area contributed by atoms with Crippen molar-refractivity contribution in [1.82, 2.24) is 0 Å². The summed E-state index contributed by atoms with van der Waals surface area (Å²) in [7, 11) is 0. The molecule has 1 aliphatic heterocycles. The Hall–Kier alpha value is -0.300. The molecule has 1 heterocycles. The molecule has 0 N–H and O–H groups in total. The van der Waals surface area contributed by atoms with E-state index < -0.39 is 0 Å². The molecule has 2 fully saturated rings. The summed E-state index contributed by atoms with van der Waals surface area (Å²) >= 11 is 0. The molecule has 0 bridgehead atoms. The Morgan fingerprint density at radius 2 is 2.38 bits per heavy atom. The highest BCUT2D eigenvalue weighted by Crippen LogP contribution is 2.69. The number of ether oxygens (including phenoxy) is 1. The van der Waals surface area contributed by atoms with E-state index in [4.69, 9.17) is 4.74 Å². The summed E-state index contributed by atoms with van der Waals surface area (Å²) in [6, 6.07) is 0. The van der Waals surface area contributed by atoms with Crippen molar-refractivity contribution in [3.63, 3.8) is 0 Å². The highest BCUT2D eigenvalue weighted by Gasteiger charge is 2.68. The van der Waals surface area contributed by atoms with Gasteiger partial charge < -0.3 is 4.74 Å². The summed E-state index contributed by atoms with van der Waals surface area (Å²) in [5.74, 6) is 2.67. The second kappa shape index (κ2) is 2.38. The minimum atomic E-state index is 0.487. The third-order valence-corrected chi connectivity index (χ3v) is 4.64. The number of allylic oxidation sites excluding steroid dienone is 1. The first-order valence-corrected chi connectivity index (χ1v) is 5.61. The zero-order valence-electron chi connectivity index (χ0n) is 8.49. The van der Waals surface area contributed by atoms with E-state index in [0.717, 1.165) is 24.4 Å². The number of hydrogen-bond donors (Lipinski definition) is 0. The smallest absolute Gasteiger partial charge is 0.0647 e. The molecule has 1 unspecified atom stereocenters. The Balaban J connectivity index is 1.84. The fourth-order valence-electron chi connectivity index (χ4n) is 3.90. The lowest BCUT2D eigenvalue weighted by Gasteiger charge is -2.62. The topological polar surface area (TPSA) is 9.23 Å². The standard InChI is InChI=1S/C12H18O/c1-3-4-9-10-5-6-12(10)8(2)13-7-11(9)12/h5-6,8-11H,3-4,7H2,1-2H3/t8-,9+,10-,11-,12?/m1/s1. The van der Waals surface area contributed by atoms with Gasteiger partial charge in [-0.1, -0.05) is 25.5 Å². The fourth-order valence-corrected chi connectivity index (χ4v) is 3.90. The fraction of sp³-hybridized carbons (Fsp3) is 0.833. The van der Waals surface area contributed by atoms with Crippen molar-refractivity contribution in [3.8, 4) is 0 Å². The predicted octanol–water partition coefficient (Wildman–Crippen LogP) is 2.62. The summed E-state index contributed by atoms with van der Waals surface area (Å²) in [5.41, 5.74) is 0.500. The van der Waals surface area contributed by atoms with Crippen LogP contribution in [-0.2, 0) is 4.74 Å². The van der Waals surface area contributed by atoms with Crippen LogP contribution in [0.25, 0.3) is 0 Å². The molecule has 1 nitrogen and oxygen atoms in total. The minimum Gasteiger partial charge on any atom is -0.377 e. The van der Waals surface area contributed by atoms with E-state index in [9.17, 15) is 0 Å². The van der Waals surface area contributed by atoms with Crippen LogP contribution in [-0.4, -0.2) is 12.7 Å². The number of rotatable bonds is 2. The van der Waals surface area contributed by atoms with E-state index in [0.29, 0.717) is 11.5 Å². The summed E-state index contributed by atoms with van der Waals surface area (Å²) in [5, 5.41) is 0. The van der Waals surface area contributed by atoms with Gasteiger partial charge >= 0.3 is 0 Å². The van der Waals surface area contributed by atoms with E-state index in [1.165, 1.54) is 12.8 Å². The molecule has 3 aliphatic rings. The first-order chi connectivity index (χ1) is 6.30. The van der Waals surface area contributed by atoms with Gasteiger partial charge in [-0.05, 0) is 31.1 Å². The highest BCUT2D eigenvalue weighted by atomic mass is 16.5. The van der Waals surface area contributed by atoms with Crippen LogP contribution in [0.1, 0.15) is 26.7 Å². The molecule has 13 heavy (non-hydrogen) atoms. The molecule has 1 spiro atoms. The lowest BCUT2D eigenvalue weighted by molar-refractivity contribution is -0.0715. The van der Waals surface area contributed by atoms with Gasteiger partial charge in [-0.2, -0.15) is 0 Å². The predicted molar refractivity (Wildman–Crippen MR) is 52.4 cm³/mol. The van der Waals surface area contributed by atoms with Crippen LogP contribution in [0.15, 0.2) is 12.2 Å². The van der Waals surface area contributed by atoms with Gasteiger partial charge in [-0.15, -0.1) is 0 Å². The lowest BCUT2D eigenvalue weighted by Crippen LogP contribution is -2.61. The van der Waals surface area contributed by atoms with Crippen LogP contribution in [0.2, 0.25) is 0 Å². The molecule has 2 aliphatic carbocycles. The maximum absolute atomic E-state index is 5.79. The first kappa shape index (κ1) is 8.05. The molecular weight excluding hydrogens is 160 g/mol. The Morgan fingerprint density at radius 3 is 3.00 bits per heavy atom. The molecule has 0 aromatic heterocycles. The molecule has 0 radical (unpaired) electrons. The molecule has 0 aromatic carbocycles. The molecular formula is C12H18O. The molecule has 5 atom stereocenters. The summed E-state index contributed by atoms with van der Waals surface area (Å²) < 4.78 is 5.79.